The molecule has 0 aliphatic carbocycles. The minimum absolute atomic E-state index is 0.338. The van der Waals surface area contributed by atoms with Crippen LogP contribution in [0.5, 0.6) is 0 Å². The maximum Gasteiger partial charge on any atom is 0.180 e. The Bertz CT molecular complexity index is 352. The second-order valence-electron chi connectivity index (χ2n) is 3.95. The van der Waals surface area contributed by atoms with Crippen LogP contribution < -0.4 is 5.73 Å². The van der Waals surface area contributed by atoms with Gasteiger partial charge in [-0.25, -0.2) is 4.39 Å². The zero-order valence-corrected chi connectivity index (χ0v) is 12.2. The number of aliphatic hydroxyl groups excluding tert-OH is 3. The Morgan fingerprint density at radius 3 is 2.30 bits per heavy atom. The van der Waals surface area contributed by atoms with Gasteiger partial charge in [0.15, 0.2) is 17.9 Å². The summed E-state index contributed by atoms with van der Waals surface area (Å²) in [6.45, 7) is 4.96. The molecule has 118 valence electrons. The van der Waals surface area contributed by atoms with Gasteiger partial charge < -0.3 is 30.7 Å². The average molecular weight is 293 g/mol. The molecule has 0 aromatic carbocycles. The highest BCUT2D eigenvalue weighted by atomic mass is 19.1. The first kappa shape index (κ1) is 18.8. The van der Waals surface area contributed by atoms with Crippen LogP contribution >= 0.6 is 0 Å². The predicted octanol–water partition coefficient (Wildman–Crippen LogP) is -0.471. The second kappa shape index (κ2) is 8.85. The quantitative estimate of drug-likeness (QED) is 0.317. The molecule has 4 atom stereocenters. The van der Waals surface area contributed by atoms with E-state index in [9.17, 15) is 14.6 Å². The second-order valence-corrected chi connectivity index (χ2v) is 3.95. The monoisotopic (exact) mass is 293 g/mol. The molecule has 4 unspecified atom stereocenters. The van der Waals surface area contributed by atoms with Gasteiger partial charge in [-0.05, 0) is 6.92 Å². The molecule has 0 amide bonds. The lowest BCUT2D eigenvalue weighted by Gasteiger charge is -2.27. The normalized spacial score (nSPS) is 30.8. The van der Waals surface area contributed by atoms with Gasteiger partial charge >= 0.3 is 0 Å². The van der Waals surface area contributed by atoms with E-state index in [1.54, 1.807) is 6.92 Å². The standard InChI is InChI=1S/C10H18FN3O4.C2H6/c1-5-7(16)8(17)10(18-5)14(4-15)3-6(11)9(12)13-2;1-2/h3,5,7-8,10,15-17H,4H2,1-2H3,(H2,12,13);1-2H3/b6-3+;. The number of nitrogens with zero attached hydrogens (tertiary/aromatic N) is 2. The number of nitrogens with two attached hydrogens (primary N) is 1. The summed E-state index contributed by atoms with van der Waals surface area (Å²) in [5.41, 5.74) is 5.25. The van der Waals surface area contributed by atoms with Gasteiger partial charge in [0.2, 0.25) is 0 Å². The van der Waals surface area contributed by atoms with Crippen molar-refractivity contribution in [2.75, 3.05) is 13.8 Å². The van der Waals surface area contributed by atoms with Crippen LogP contribution in [-0.2, 0) is 4.74 Å². The van der Waals surface area contributed by atoms with E-state index in [1.165, 1.54) is 7.05 Å². The van der Waals surface area contributed by atoms with Crippen molar-refractivity contribution in [3.8, 4) is 0 Å². The van der Waals surface area contributed by atoms with Crippen LogP contribution in [0.1, 0.15) is 20.8 Å². The van der Waals surface area contributed by atoms with E-state index in [2.05, 4.69) is 4.99 Å². The third-order valence-electron chi connectivity index (χ3n) is 2.73. The summed E-state index contributed by atoms with van der Waals surface area (Å²) < 4.78 is 18.7. The Labute approximate surface area is 118 Å². The molecular weight excluding hydrogens is 269 g/mol. The highest BCUT2D eigenvalue weighted by Gasteiger charge is 2.42. The van der Waals surface area contributed by atoms with E-state index in [0.29, 0.717) is 0 Å². The molecule has 0 spiro atoms. The molecule has 0 radical (unpaired) electrons. The van der Waals surface area contributed by atoms with Crippen molar-refractivity contribution in [3.05, 3.63) is 12.0 Å². The molecule has 0 bridgehead atoms. The molecule has 1 aliphatic heterocycles. The Hall–Kier alpha value is -1.22. The van der Waals surface area contributed by atoms with E-state index in [4.69, 9.17) is 15.6 Å². The van der Waals surface area contributed by atoms with E-state index in [-0.39, 0.29) is 5.84 Å². The predicted molar refractivity (Wildman–Crippen MR) is 73.4 cm³/mol. The number of rotatable bonds is 4. The molecule has 1 saturated heterocycles. The van der Waals surface area contributed by atoms with E-state index < -0.39 is 37.1 Å². The largest absolute Gasteiger partial charge is 0.388 e. The summed E-state index contributed by atoms with van der Waals surface area (Å²) in [5.74, 6) is -1.20. The van der Waals surface area contributed by atoms with Gasteiger partial charge in [0.05, 0.1) is 6.10 Å². The van der Waals surface area contributed by atoms with Crippen molar-refractivity contribution >= 4 is 5.84 Å². The summed E-state index contributed by atoms with van der Waals surface area (Å²) in [6, 6.07) is 0. The number of amidine groups is 1. The summed E-state index contributed by atoms with van der Waals surface area (Å²) in [6.07, 6.45) is -3.14. The zero-order valence-electron chi connectivity index (χ0n) is 12.2. The van der Waals surface area contributed by atoms with Crippen LogP contribution in [-0.4, -0.2) is 64.4 Å². The molecule has 1 aliphatic rings. The fraction of sp³-hybridized carbons (Fsp3) is 0.750. The van der Waals surface area contributed by atoms with Gasteiger partial charge in [-0.1, -0.05) is 13.8 Å². The molecule has 1 fully saturated rings. The van der Waals surface area contributed by atoms with Crippen LogP contribution in [0.3, 0.4) is 0 Å². The first-order valence-electron chi connectivity index (χ1n) is 6.40. The Morgan fingerprint density at radius 2 is 1.95 bits per heavy atom. The van der Waals surface area contributed by atoms with Gasteiger partial charge in [0, 0.05) is 13.2 Å². The number of ether oxygens (including phenoxy) is 1. The molecule has 0 aromatic heterocycles. The van der Waals surface area contributed by atoms with Crippen LogP contribution in [0.4, 0.5) is 4.39 Å². The molecule has 5 N–H and O–H groups in total. The van der Waals surface area contributed by atoms with Crippen LogP contribution in [0, 0.1) is 0 Å². The Kier molecular flexibility index (Phi) is 8.31. The van der Waals surface area contributed by atoms with Crippen molar-refractivity contribution in [2.24, 2.45) is 10.7 Å². The van der Waals surface area contributed by atoms with Gasteiger partial charge in [0.1, 0.15) is 18.9 Å². The summed E-state index contributed by atoms with van der Waals surface area (Å²) in [7, 11) is 1.32. The number of aliphatic imine (C=N–C) groups is 1. The Balaban J connectivity index is 0.00000172. The van der Waals surface area contributed by atoms with Crippen molar-refractivity contribution < 1.29 is 24.4 Å². The molecule has 20 heavy (non-hydrogen) atoms. The number of halogens is 1. The smallest absolute Gasteiger partial charge is 0.180 e. The van der Waals surface area contributed by atoms with E-state index in [1.807, 2.05) is 13.8 Å². The molecule has 0 aromatic rings. The van der Waals surface area contributed by atoms with Crippen molar-refractivity contribution in [2.45, 2.75) is 45.3 Å². The fourth-order valence-electron chi connectivity index (χ4n) is 1.61. The zero-order chi connectivity index (χ0) is 15.9. The average Bonchev–Trinajstić information content (AvgIpc) is 2.73. The van der Waals surface area contributed by atoms with Gasteiger partial charge in [-0.2, -0.15) is 0 Å². The van der Waals surface area contributed by atoms with E-state index in [0.717, 1.165) is 11.1 Å². The fourth-order valence-corrected chi connectivity index (χ4v) is 1.61. The third kappa shape index (κ3) is 4.41. The minimum atomic E-state index is -1.25. The topological polar surface area (TPSA) is 112 Å². The lowest BCUT2D eigenvalue weighted by atomic mass is 10.1. The molecule has 1 rings (SSSR count). The van der Waals surface area contributed by atoms with E-state index >= 15 is 0 Å². The lowest BCUT2D eigenvalue weighted by molar-refractivity contribution is -0.0909. The highest BCUT2D eigenvalue weighted by molar-refractivity contribution is 5.94. The highest BCUT2D eigenvalue weighted by Crippen LogP contribution is 2.24. The SMILES string of the molecule is CC.CN=C(N)/C(F)=C\N(CO)C1OC(C)C(O)C1O. The number of hydrogen-bond donors (Lipinski definition) is 4. The van der Waals surface area contributed by atoms with Crippen molar-refractivity contribution in [3.63, 3.8) is 0 Å². The van der Waals surface area contributed by atoms with Gasteiger partial charge in [-0.3, -0.25) is 4.99 Å². The first-order chi connectivity index (χ1) is 9.42. The lowest BCUT2D eigenvalue weighted by Crippen LogP contribution is -2.42. The maximum atomic E-state index is 13.5. The maximum absolute atomic E-state index is 13.5. The first-order valence-corrected chi connectivity index (χ1v) is 6.40. The molecule has 7 nitrogen and oxygen atoms in total. The number of aliphatic hydroxyl groups is 3. The molecule has 1 heterocycles. The summed E-state index contributed by atoms with van der Waals surface area (Å²) in [4.78, 5) is 4.43. The van der Waals surface area contributed by atoms with Crippen LogP contribution in [0.25, 0.3) is 0 Å². The Morgan fingerprint density at radius 1 is 1.40 bits per heavy atom. The van der Waals surface area contributed by atoms with Gasteiger partial charge in [0.25, 0.3) is 0 Å². The molecule has 0 saturated carbocycles. The minimum Gasteiger partial charge on any atom is -0.388 e. The van der Waals surface area contributed by atoms with Crippen molar-refractivity contribution in [1.82, 2.24) is 4.90 Å². The molecular formula is C12H24FN3O4. The third-order valence-corrected chi connectivity index (χ3v) is 2.73. The van der Waals surface area contributed by atoms with Gasteiger partial charge in [-0.15, -0.1) is 0 Å². The summed E-state index contributed by atoms with van der Waals surface area (Å²) in [5, 5.41) is 28.4. The van der Waals surface area contributed by atoms with Crippen LogP contribution in [0.2, 0.25) is 0 Å². The van der Waals surface area contributed by atoms with Crippen molar-refractivity contribution in [1.29, 1.82) is 0 Å². The summed E-state index contributed by atoms with van der Waals surface area (Å²) >= 11 is 0. The number of hydrogen-bond acceptors (Lipinski definition) is 6. The van der Waals surface area contributed by atoms with Crippen LogP contribution in [0.15, 0.2) is 17.0 Å². The molecule has 8 heteroatoms.